The van der Waals surface area contributed by atoms with Crippen molar-refractivity contribution < 1.29 is 9.90 Å². The summed E-state index contributed by atoms with van der Waals surface area (Å²) in [5.74, 6) is -0.792. The van der Waals surface area contributed by atoms with Crippen molar-refractivity contribution in [3.05, 3.63) is 33.9 Å². The third-order valence-corrected chi connectivity index (χ3v) is 3.46. The Hall–Kier alpha value is -1.35. The fraction of sp³-hybridized carbons (Fsp3) is 0.500. The molecule has 1 unspecified atom stereocenters. The molecular formula is C14H21NO2. The molecule has 3 nitrogen and oxygen atoms in total. The zero-order valence-electron chi connectivity index (χ0n) is 11.0. The summed E-state index contributed by atoms with van der Waals surface area (Å²) in [5.41, 5.74) is 12.0. The number of carbonyl (C=O) groups is 1. The molecule has 0 saturated heterocycles. The fourth-order valence-electron chi connectivity index (χ4n) is 2.23. The predicted molar refractivity (Wildman–Crippen MR) is 69.2 cm³/mol. The average molecular weight is 235 g/mol. The second kappa shape index (κ2) is 5.32. The first-order chi connectivity index (χ1) is 7.84. The molecule has 0 amide bonds. The monoisotopic (exact) mass is 235 g/mol. The summed E-state index contributed by atoms with van der Waals surface area (Å²) in [4.78, 5) is 10.6. The van der Waals surface area contributed by atoms with Gasteiger partial charge in [0.25, 0.3) is 0 Å². The highest BCUT2D eigenvalue weighted by atomic mass is 16.4. The van der Waals surface area contributed by atoms with E-state index >= 15 is 0 Å². The van der Waals surface area contributed by atoms with Crippen LogP contribution in [0.4, 0.5) is 0 Å². The molecule has 0 bridgehead atoms. The number of aliphatic carboxylic acids is 1. The molecule has 0 fully saturated rings. The highest BCUT2D eigenvalue weighted by Gasteiger charge is 2.16. The van der Waals surface area contributed by atoms with Crippen molar-refractivity contribution in [2.45, 2.75) is 46.6 Å². The van der Waals surface area contributed by atoms with Crippen LogP contribution in [0, 0.1) is 27.7 Å². The van der Waals surface area contributed by atoms with Gasteiger partial charge in [0.15, 0.2) is 0 Å². The molecule has 0 spiro atoms. The van der Waals surface area contributed by atoms with Gasteiger partial charge in [-0.3, -0.25) is 4.79 Å². The molecule has 3 N–H and O–H groups in total. The normalized spacial score (nSPS) is 12.5. The van der Waals surface area contributed by atoms with Gasteiger partial charge < -0.3 is 10.8 Å². The molecule has 1 aromatic rings. The van der Waals surface area contributed by atoms with Gasteiger partial charge in [0, 0.05) is 12.5 Å². The molecule has 94 valence electrons. The maximum absolute atomic E-state index is 10.6. The van der Waals surface area contributed by atoms with Crippen LogP contribution in [0.2, 0.25) is 0 Å². The van der Waals surface area contributed by atoms with Crippen molar-refractivity contribution in [2.24, 2.45) is 5.73 Å². The van der Waals surface area contributed by atoms with Crippen LogP contribution in [-0.4, -0.2) is 11.1 Å². The van der Waals surface area contributed by atoms with Gasteiger partial charge in [-0.2, -0.15) is 0 Å². The smallest absolute Gasteiger partial charge is 0.303 e. The summed E-state index contributed by atoms with van der Waals surface area (Å²) in [6, 6.07) is 1.96. The molecule has 0 radical (unpaired) electrons. The number of carboxylic acid groups (broad SMARTS) is 1. The Labute approximate surface area is 103 Å². The maximum atomic E-state index is 10.6. The third-order valence-electron chi connectivity index (χ3n) is 3.46. The zero-order chi connectivity index (χ0) is 13.2. The van der Waals surface area contributed by atoms with E-state index in [4.69, 9.17) is 10.8 Å². The molecule has 17 heavy (non-hydrogen) atoms. The SMILES string of the molecule is Cc1cc(C)c(C)c(C(N)CCC(=O)O)c1C. The largest absolute Gasteiger partial charge is 0.481 e. The van der Waals surface area contributed by atoms with Crippen LogP contribution in [-0.2, 0) is 4.79 Å². The van der Waals surface area contributed by atoms with Gasteiger partial charge in [-0.15, -0.1) is 0 Å². The Morgan fingerprint density at radius 1 is 1.24 bits per heavy atom. The van der Waals surface area contributed by atoms with E-state index in [2.05, 4.69) is 33.8 Å². The number of nitrogens with two attached hydrogens (primary N) is 1. The van der Waals surface area contributed by atoms with E-state index in [1.54, 1.807) is 0 Å². The molecule has 1 aromatic carbocycles. The lowest BCUT2D eigenvalue weighted by molar-refractivity contribution is -0.137. The predicted octanol–water partition coefficient (Wildman–Crippen LogP) is 2.78. The minimum absolute atomic E-state index is 0.118. The van der Waals surface area contributed by atoms with E-state index in [1.165, 1.54) is 22.3 Å². The minimum atomic E-state index is -0.792. The van der Waals surface area contributed by atoms with E-state index in [0.717, 1.165) is 5.56 Å². The first-order valence-electron chi connectivity index (χ1n) is 5.89. The molecule has 0 aliphatic heterocycles. The van der Waals surface area contributed by atoms with Crippen LogP contribution in [0.25, 0.3) is 0 Å². The highest BCUT2D eigenvalue weighted by Crippen LogP contribution is 2.28. The van der Waals surface area contributed by atoms with Crippen LogP contribution < -0.4 is 5.73 Å². The van der Waals surface area contributed by atoms with Gasteiger partial charge in [0.2, 0.25) is 0 Å². The van der Waals surface area contributed by atoms with Crippen molar-refractivity contribution in [2.75, 3.05) is 0 Å². The zero-order valence-corrected chi connectivity index (χ0v) is 11.0. The van der Waals surface area contributed by atoms with Crippen molar-refractivity contribution in [1.29, 1.82) is 0 Å². The Morgan fingerprint density at radius 2 is 1.71 bits per heavy atom. The summed E-state index contributed by atoms with van der Waals surface area (Å²) >= 11 is 0. The first kappa shape index (κ1) is 13.7. The van der Waals surface area contributed by atoms with Crippen molar-refractivity contribution >= 4 is 5.97 Å². The lowest BCUT2D eigenvalue weighted by atomic mass is 9.88. The van der Waals surface area contributed by atoms with Crippen molar-refractivity contribution in [1.82, 2.24) is 0 Å². The number of rotatable bonds is 4. The highest BCUT2D eigenvalue weighted by molar-refractivity contribution is 5.66. The number of aryl methyl sites for hydroxylation is 2. The molecule has 0 aromatic heterocycles. The van der Waals surface area contributed by atoms with Crippen LogP contribution >= 0.6 is 0 Å². The Bertz CT molecular complexity index is 412. The summed E-state index contributed by atoms with van der Waals surface area (Å²) in [5, 5.41) is 8.70. The van der Waals surface area contributed by atoms with E-state index in [-0.39, 0.29) is 12.5 Å². The lowest BCUT2D eigenvalue weighted by Crippen LogP contribution is -2.16. The molecular weight excluding hydrogens is 214 g/mol. The Balaban J connectivity index is 3.07. The second-order valence-corrected chi connectivity index (χ2v) is 4.71. The van der Waals surface area contributed by atoms with Crippen molar-refractivity contribution in [3.63, 3.8) is 0 Å². The fourth-order valence-corrected chi connectivity index (χ4v) is 2.23. The van der Waals surface area contributed by atoms with E-state index in [0.29, 0.717) is 6.42 Å². The van der Waals surface area contributed by atoms with Gasteiger partial charge in [0.1, 0.15) is 0 Å². The van der Waals surface area contributed by atoms with Gasteiger partial charge >= 0.3 is 5.97 Å². The van der Waals surface area contributed by atoms with Gasteiger partial charge in [-0.05, 0) is 61.9 Å². The number of hydrogen-bond donors (Lipinski definition) is 2. The molecule has 1 atom stereocenters. The van der Waals surface area contributed by atoms with Gasteiger partial charge in [0.05, 0.1) is 0 Å². The lowest BCUT2D eigenvalue weighted by Gasteiger charge is -2.20. The minimum Gasteiger partial charge on any atom is -0.481 e. The van der Waals surface area contributed by atoms with Crippen LogP contribution in [0.1, 0.15) is 46.7 Å². The summed E-state index contributed by atoms with van der Waals surface area (Å²) in [6.45, 7) is 8.24. The quantitative estimate of drug-likeness (QED) is 0.843. The van der Waals surface area contributed by atoms with Crippen LogP contribution in [0.15, 0.2) is 6.07 Å². The van der Waals surface area contributed by atoms with E-state index in [9.17, 15) is 4.79 Å². The summed E-state index contributed by atoms with van der Waals surface area (Å²) < 4.78 is 0. The maximum Gasteiger partial charge on any atom is 0.303 e. The van der Waals surface area contributed by atoms with Crippen LogP contribution in [0.3, 0.4) is 0 Å². The van der Waals surface area contributed by atoms with Gasteiger partial charge in [-0.1, -0.05) is 6.07 Å². The molecule has 1 rings (SSSR count). The number of carboxylic acids is 1. The molecule has 0 aliphatic carbocycles. The standard InChI is InChI=1S/C14H21NO2/c1-8-7-9(2)11(4)14(10(8)3)12(15)5-6-13(16)17/h7,12H,5-6,15H2,1-4H3,(H,16,17). The molecule has 0 aliphatic rings. The molecule has 0 heterocycles. The van der Waals surface area contributed by atoms with E-state index < -0.39 is 5.97 Å². The van der Waals surface area contributed by atoms with Gasteiger partial charge in [-0.25, -0.2) is 0 Å². The van der Waals surface area contributed by atoms with Crippen LogP contribution in [0.5, 0.6) is 0 Å². The number of benzene rings is 1. The Kier molecular flexibility index (Phi) is 4.29. The molecule has 3 heteroatoms. The average Bonchev–Trinajstić information content (AvgIpc) is 2.24. The Morgan fingerprint density at radius 3 is 2.12 bits per heavy atom. The summed E-state index contributed by atoms with van der Waals surface area (Å²) in [6.07, 6.45) is 0.604. The topological polar surface area (TPSA) is 63.3 Å². The van der Waals surface area contributed by atoms with Crippen molar-refractivity contribution in [3.8, 4) is 0 Å². The first-order valence-corrected chi connectivity index (χ1v) is 5.89. The number of hydrogen-bond acceptors (Lipinski definition) is 2. The van der Waals surface area contributed by atoms with E-state index in [1.807, 2.05) is 0 Å². The summed E-state index contributed by atoms with van der Waals surface area (Å²) in [7, 11) is 0. The second-order valence-electron chi connectivity index (χ2n) is 4.71. The third kappa shape index (κ3) is 3.07. The molecule has 0 saturated carbocycles.